The van der Waals surface area contributed by atoms with Crippen LogP contribution < -0.4 is 5.32 Å². The molecular formula is C19H24N4O3. The van der Waals surface area contributed by atoms with E-state index < -0.39 is 0 Å². The van der Waals surface area contributed by atoms with Crippen molar-refractivity contribution in [3.05, 3.63) is 47.2 Å². The number of aryl methyl sites for hydroxylation is 1. The van der Waals surface area contributed by atoms with Crippen molar-refractivity contribution in [3.8, 4) is 0 Å². The summed E-state index contributed by atoms with van der Waals surface area (Å²) in [5, 5.41) is 7.63. The van der Waals surface area contributed by atoms with Gasteiger partial charge in [-0.25, -0.2) is 4.98 Å². The molecule has 0 saturated heterocycles. The molecule has 26 heavy (non-hydrogen) atoms. The third-order valence-electron chi connectivity index (χ3n) is 4.42. The van der Waals surface area contributed by atoms with E-state index >= 15 is 0 Å². The molecular weight excluding hydrogens is 332 g/mol. The third-order valence-corrected chi connectivity index (χ3v) is 4.42. The van der Waals surface area contributed by atoms with Crippen LogP contribution in [0.3, 0.4) is 0 Å². The highest BCUT2D eigenvalue weighted by Gasteiger charge is 2.22. The average molecular weight is 356 g/mol. The molecule has 0 fully saturated rings. The zero-order valence-electron chi connectivity index (χ0n) is 15.7. The number of carbonyl (C=O) groups excluding carboxylic acids is 1. The van der Waals surface area contributed by atoms with Gasteiger partial charge in [-0.3, -0.25) is 9.69 Å². The van der Waals surface area contributed by atoms with Crippen molar-refractivity contribution in [1.29, 1.82) is 0 Å². The Kier molecular flexibility index (Phi) is 5.08. The molecule has 0 bridgehead atoms. The van der Waals surface area contributed by atoms with Crippen LogP contribution in [0.25, 0.3) is 11.1 Å². The van der Waals surface area contributed by atoms with Gasteiger partial charge in [0.1, 0.15) is 5.76 Å². The largest absolute Gasteiger partial charge is 0.468 e. The van der Waals surface area contributed by atoms with E-state index in [0.29, 0.717) is 28.9 Å². The Hall–Kier alpha value is -2.67. The van der Waals surface area contributed by atoms with E-state index in [4.69, 9.17) is 8.94 Å². The summed E-state index contributed by atoms with van der Waals surface area (Å²) >= 11 is 0. The molecule has 0 saturated carbocycles. The van der Waals surface area contributed by atoms with Crippen LogP contribution in [0.4, 0.5) is 0 Å². The summed E-state index contributed by atoms with van der Waals surface area (Å²) in [6.45, 7) is 6.28. The Morgan fingerprint density at radius 2 is 2.12 bits per heavy atom. The number of fused-ring (bicyclic) bond motifs is 1. The number of pyridine rings is 1. The first-order chi connectivity index (χ1) is 12.4. The van der Waals surface area contributed by atoms with Crippen LogP contribution in [-0.4, -0.2) is 41.6 Å². The van der Waals surface area contributed by atoms with Crippen molar-refractivity contribution in [2.45, 2.75) is 32.7 Å². The fourth-order valence-electron chi connectivity index (χ4n) is 2.89. The van der Waals surface area contributed by atoms with Gasteiger partial charge in [0.05, 0.1) is 28.9 Å². The van der Waals surface area contributed by atoms with Crippen molar-refractivity contribution in [2.75, 3.05) is 20.6 Å². The van der Waals surface area contributed by atoms with E-state index in [-0.39, 0.29) is 17.9 Å². The Balaban J connectivity index is 1.88. The van der Waals surface area contributed by atoms with E-state index in [2.05, 4.69) is 15.5 Å². The number of hydrogen-bond donors (Lipinski definition) is 1. The van der Waals surface area contributed by atoms with Gasteiger partial charge in [-0.15, -0.1) is 0 Å². The molecule has 1 unspecified atom stereocenters. The number of nitrogens with one attached hydrogen (secondary N) is 1. The first-order valence-electron chi connectivity index (χ1n) is 8.63. The molecule has 0 spiro atoms. The molecule has 3 aromatic heterocycles. The maximum absolute atomic E-state index is 12.9. The number of likely N-dealkylation sites (N-methyl/N-ethyl adjacent to an activating group) is 1. The predicted molar refractivity (Wildman–Crippen MR) is 98.1 cm³/mol. The van der Waals surface area contributed by atoms with E-state index in [0.717, 1.165) is 11.5 Å². The van der Waals surface area contributed by atoms with Crippen molar-refractivity contribution in [1.82, 2.24) is 20.4 Å². The van der Waals surface area contributed by atoms with Gasteiger partial charge >= 0.3 is 0 Å². The molecule has 7 heteroatoms. The maximum Gasteiger partial charge on any atom is 0.259 e. The fourth-order valence-corrected chi connectivity index (χ4v) is 2.89. The number of rotatable bonds is 6. The van der Waals surface area contributed by atoms with E-state index in [1.54, 1.807) is 6.26 Å². The summed E-state index contributed by atoms with van der Waals surface area (Å²) in [5.74, 6) is 0.803. The Bertz CT molecular complexity index is 897. The van der Waals surface area contributed by atoms with Gasteiger partial charge in [-0.1, -0.05) is 19.0 Å². The lowest BCUT2D eigenvalue weighted by Crippen LogP contribution is -2.34. The number of amides is 1. The second-order valence-corrected chi connectivity index (χ2v) is 6.90. The van der Waals surface area contributed by atoms with Gasteiger partial charge in [-0.2, -0.15) is 0 Å². The number of aromatic nitrogens is 2. The highest BCUT2D eigenvalue weighted by atomic mass is 16.5. The topological polar surface area (TPSA) is 84.4 Å². The molecule has 1 atom stereocenters. The van der Waals surface area contributed by atoms with Crippen LogP contribution in [0, 0.1) is 6.92 Å². The summed E-state index contributed by atoms with van der Waals surface area (Å²) in [6, 6.07) is 5.52. The second-order valence-electron chi connectivity index (χ2n) is 6.90. The lowest BCUT2D eigenvalue weighted by atomic mass is 10.0. The Morgan fingerprint density at radius 1 is 1.35 bits per heavy atom. The Labute approximate surface area is 152 Å². The molecule has 7 nitrogen and oxygen atoms in total. The summed E-state index contributed by atoms with van der Waals surface area (Å²) in [5.41, 5.74) is 2.39. The van der Waals surface area contributed by atoms with Crippen molar-refractivity contribution >= 4 is 17.0 Å². The van der Waals surface area contributed by atoms with Crippen LogP contribution in [0.2, 0.25) is 0 Å². The number of hydrogen-bond acceptors (Lipinski definition) is 6. The summed E-state index contributed by atoms with van der Waals surface area (Å²) < 4.78 is 10.8. The van der Waals surface area contributed by atoms with Crippen LogP contribution in [0.15, 0.2) is 33.4 Å². The smallest absolute Gasteiger partial charge is 0.259 e. The average Bonchev–Trinajstić information content (AvgIpc) is 3.24. The van der Waals surface area contributed by atoms with E-state index in [1.807, 2.05) is 58.0 Å². The summed E-state index contributed by atoms with van der Waals surface area (Å²) in [6.07, 6.45) is 1.63. The predicted octanol–water partition coefficient (Wildman–Crippen LogP) is 3.28. The quantitative estimate of drug-likeness (QED) is 0.730. The van der Waals surface area contributed by atoms with Gasteiger partial charge in [0.15, 0.2) is 0 Å². The van der Waals surface area contributed by atoms with Crippen LogP contribution >= 0.6 is 0 Å². The van der Waals surface area contributed by atoms with Crippen LogP contribution in [-0.2, 0) is 0 Å². The van der Waals surface area contributed by atoms with Crippen molar-refractivity contribution < 1.29 is 13.7 Å². The fraction of sp³-hybridized carbons (Fsp3) is 0.421. The van der Waals surface area contributed by atoms with Crippen LogP contribution in [0.5, 0.6) is 0 Å². The number of furan rings is 1. The molecule has 0 aliphatic heterocycles. The molecule has 138 valence electrons. The first-order valence-corrected chi connectivity index (χ1v) is 8.63. The standard InChI is InChI=1S/C19H24N4O3/c1-11(2)14-9-13(17-12(3)22-26-19(17)21-14)18(24)20-10-15(23(4)5)16-7-6-8-25-16/h6-9,11,15H,10H2,1-5H3,(H,20,24). The monoisotopic (exact) mass is 356 g/mol. The molecule has 0 aromatic carbocycles. The van der Waals surface area contributed by atoms with Gasteiger partial charge in [-0.05, 0) is 45.1 Å². The minimum absolute atomic E-state index is 0.0561. The highest BCUT2D eigenvalue weighted by Crippen LogP contribution is 2.25. The lowest BCUT2D eigenvalue weighted by molar-refractivity contribution is 0.0940. The SMILES string of the molecule is Cc1noc2nc(C(C)C)cc(C(=O)NCC(c3ccco3)N(C)C)c12. The minimum atomic E-state index is -0.177. The first kappa shape index (κ1) is 18.1. The zero-order chi connectivity index (χ0) is 18.8. The molecule has 3 rings (SSSR count). The molecule has 1 amide bonds. The van der Waals surface area contributed by atoms with Gasteiger partial charge < -0.3 is 14.3 Å². The molecule has 3 heterocycles. The maximum atomic E-state index is 12.9. The third kappa shape index (κ3) is 3.48. The van der Waals surface area contributed by atoms with E-state index in [1.165, 1.54) is 0 Å². The lowest BCUT2D eigenvalue weighted by Gasteiger charge is -2.22. The Morgan fingerprint density at radius 3 is 2.73 bits per heavy atom. The molecule has 1 N–H and O–H groups in total. The minimum Gasteiger partial charge on any atom is -0.468 e. The molecule has 0 aliphatic carbocycles. The second kappa shape index (κ2) is 7.29. The molecule has 0 radical (unpaired) electrons. The van der Waals surface area contributed by atoms with Gasteiger partial charge in [0, 0.05) is 12.2 Å². The summed E-state index contributed by atoms with van der Waals surface area (Å²) in [4.78, 5) is 19.4. The number of carbonyl (C=O) groups is 1. The normalized spacial score (nSPS) is 12.9. The molecule has 0 aliphatic rings. The molecule has 3 aromatic rings. The van der Waals surface area contributed by atoms with E-state index in [9.17, 15) is 4.79 Å². The van der Waals surface area contributed by atoms with Gasteiger partial charge in [0.2, 0.25) is 0 Å². The van der Waals surface area contributed by atoms with Crippen molar-refractivity contribution in [3.63, 3.8) is 0 Å². The summed E-state index contributed by atoms with van der Waals surface area (Å²) in [7, 11) is 3.90. The zero-order valence-corrected chi connectivity index (χ0v) is 15.7. The van der Waals surface area contributed by atoms with Gasteiger partial charge in [0.25, 0.3) is 11.6 Å². The van der Waals surface area contributed by atoms with Crippen LogP contribution in [0.1, 0.15) is 53.3 Å². The number of nitrogens with zero attached hydrogens (tertiary/aromatic N) is 3. The van der Waals surface area contributed by atoms with Crippen molar-refractivity contribution in [2.24, 2.45) is 0 Å². The highest BCUT2D eigenvalue weighted by molar-refractivity contribution is 6.06.